The van der Waals surface area contributed by atoms with Gasteiger partial charge in [-0.2, -0.15) is 0 Å². The van der Waals surface area contributed by atoms with Crippen molar-refractivity contribution in [3.05, 3.63) is 0 Å². The Labute approximate surface area is 126 Å². The Morgan fingerprint density at radius 3 is 2.52 bits per heavy atom. The van der Waals surface area contributed by atoms with E-state index in [2.05, 4.69) is 11.8 Å². The molecule has 0 radical (unpaired) electrons. The van der Waals surface area contributed by atoms with Crippen molar-refractivity contribution in [2.45, 2.75) is 38.1 Å². The number of carbonyl (C=O) groups is 2. The Balaban J connectivity index is 2.01. The summed E-state index contributed by atoms with van der Waals surface area (Å²) in [6, 6.07) is 0. The number of methoxy groups -OCH3 is 1. The van der Waals surface area contributed by atoms with E-state index in [4.69, 9.17) is 4.74 Å². The van der Waals surface area contributed by atoms with Gasteiger partial charge in [-0.3, -0.25) is 9.69 Å². The zero-order valence-electron chi connectivity index (χ0n) is 13.0. The van der Waals surface area contributed by atoms with Gasteiger partial charge in [0, 0.05) is 13.7 Å². The second-order valence-corrected chi connectivity index (χ2v) is 6.38. The number of piperidine rings is 1. The summed E-state index contributed by atoms with van der Waals surface area (Å²) >= 11 is 0. The van der Waals surface area contributed by atoms with Crippen LogP contribution in [0, 0.1) is 5.92 Å². The molecule has 6 nitrogen and oxygen atoms in total. The number of aliphatic carboxylic acids is 1. The van der Waals surface area contributed by atoms with Crippen LogP contribution < -0.4 is 0 Å². The van der Waals surface area contributed by atoms with Crippen LogP contribution in [0.15, 0.2) is 0 Å². The molecule has 1 amide bonds. The van der Waals surface area contributed by atoms with Crippen molar-refractivity contribution in [2.75, 3.05) is 39.9 Å². The molecule has 0 aromatic heterocycles. The highest BCUT2D eigenvalue weighted by Gasteiger charge is 2.50. The minimum atomic E-state index is -1.17. The lowest BCUT2D eigenvalue weighted by molar-refractivity contribution is -0.160. The van der Waals surface area contributed by atoms with Gasteiger partial charge in [0.05, 0.1) is 13.2 Å². The Bertz CT molecular complexity index is 393. The van der Waals surface area contributed by atoms with E-state index in [-0.39, 0.29) is 12.5 Å². The van der Waals surface area contributed by atoms with Crippen molar-refractivity contribution in [2.24, 2.45) is 5.92 Å². The number of carbonyl (C=O) groups excluding carboxylic acids is 1. The molecule has 1 N–H and O–H groups in total. The van der Waals surface area contributed by atoms with Gasteiger partial charge in [-0.05, 0) is 44.7 Å². The fraction of sp³-hybridized carbons (Fsp3) is 0.867. The molecule has 6 heteroatoms. The number of nitrogens with zero attached hydrogens (tertiary/aromatic N) is 2. The number of hydrogen-bond donors (Lipinski definition) is 1. The first kappa shape index (κ1) is 16.2. The normalized spacial score (nSPS) is 28.0. The highest BCUT2D eigenvalue weighted by Crippen LogP contribution is 2.30. The van der Waals surface area contributed by atoms with E-state index >= 15 is 0 Å². The fourth-order valence-electron chi connectivity index (χ4n) is 3.41. The van der Waals surface area contributed by atoms with E-state index in [0.717, 1.165) is 38.3 Å². The molecule has 0 aromatic rings. The van der Waals surface area contributed by atoms with Gasteiger partial charge in [0.25, 0.3) is 0 Å². The molecule has 2 heterocycles. The van der Waals surface area contributed by atoms with Crippen LogP contribution in [0.4, 0.5) is 0 Å². The van der Waals surface area contributed by atoms with Gasteiger partial charge >= 0.3 is 5.97 Å². The summed E-state index contributed by atoms with van der Waals surface area (Å²) in [7, 11) is 1.48. The summed E-state index contributed by atoms with van der Waals surface area (Å²) in [5.74, 6) is -0.321. The zero-order valence-corrected chi connectivity index (χ0v) is 13.0. The van der Waals surface area contributed by atoms with Gasteiger partial charge in [0.1, 0.15) is 0 Å². The monoisotopic (exact) mass is 298 g/mol. The van der Waals surface area contributed by atoms with Crippen LogP contribution in [0.1, 0.15) is 32.6 Å². The third-order valence-corrected chi connectivity index (χ3v) is 4.81. The van der Waals surface area contributed by atoms with E-state index in [1.54, 1.807) is 0 Å². The second-order valence-electron chi connectivity index (χ2n) is 6.38. The number of carboxylic acid groups (broad SMARTS) is 1. The Morgan fingerprint density at radius 2 is 1.95 bits per heavy atom. The molecule has 2 rings (SSSR count). The number of carboxylic acids is 1. The maximum Gasteiger partial charge on any atom is 0.332 e. The van der Waals surface area contributed by atoms with Gasteiger partial charge in [-0.15, -0.1) is 0 Å². The van der Waals surface area contributed by atoms with Crippen LogP contribution in [0.5, 0.6) is 0 Å². The van der Waals surface area contributed by atoms with E-state index in [9.17, 15) is 14.7 Å². The summed E-state index contributed by atoms with van der Waals surface area (Å²) < 4.78 is 5.09. The molecule has 0 aliphatic carbocycles. The average Bonchev–Trinajstić information content (AvgIpc) is 2.87. The molecule has 2 aliphatic heterocycles. The molecular weight excluding hydrogens is 272 g/mol. The lowest BCUT2D eigenvalue weighted by atomic mass is 9.97. The first-order valence-corrected chi connectivity index (χ1v) is 7.75. The van der Waals surface area contributed by atoms with Crippen molar-refractivity contribution in [1.29, 1.82) is 0 Å². The van der Waals surface area contributed by atoms with Crippen LogP contribution in [0.3, 0.4) is 0 Å². The largest absolute Gasteiger partial charge is 0.479 e. The van der Waals surface area contributed by atoms with E-state index in [1.165, 1.54) is 12.0 Å². The molecule has 0 spiro atoms. The molecule has 0 aromatic carbocycles. The summed E-state index contributed by atoms with van der Waals surface area (Å²) in [5.41, 5.74) is -1.17. The standard InChI is InChI=1S/C15H26N2O4/c1-12-4-8-16(9-5-12)10-13(18)17-7-3-6-15(17,11-21-2)14(19)20/h12H,3-11H2,1-2H3,(H,19,20). The lowest BCUT2D eigenvalue weighted by Gasteiger charge is -2.36. The van der Waals surface area contributed by atoms with E-state index < -0.39 is 11.5 Å². The van der Waals surface area contributed by atoms with Crippen LogP contribution in [0.25, 0.3) is 0 Å². The number of likely N-dealkylation sites (tertiary alicyclic amines) is 2. The highest BCUT2D eigenvalue weighted by atomic mass is 16.5. The molecule has 0 bridgehead atoms. The maximum absolute atomic E-state index is 12.6. The molecule has 1 atom stereocenters. The van der Waals surface area contributed by atoms with Crippen molar-refractivity contribution < 1.29 is 19.4 Å². The van der Waals surface area contributed by atoms with E-state index in [1.807, 2.05) is 0 Å². The minimum Gasteiger partial charge on any atom is -0.479 e. The molecule has 1 unspecified atom stereocenters. The van der Waals surface area contributed by atoms with Gasteiger partial charge in [-0.25, -0.2) is 4.79 Å². The smallest absolute Gasteiger partial charge is 0.332 e. The van der Waals surface area contributed by atoms with Crippen LogP contribution >= 0.6 is 0 Å². The SMILES string of the molecule is COCC1(C(=O)O)CCCN1C(=O)CN1CCC(C)CC1. The van der Waals surface area contributed by atoms with Crippen LogP contribution in [-0.2, 0) is 14.3 Å². The summed E-state index contributed by atoms with van der Waals surface area (Å²) in [5, 5.41) is 9.57. The zero-order chi connectivity index (χ0) is 15.5. The number of rotatable bonds is 5. The van der Waals surface area contributed by atoms with E-state index in [0.29, 0.717) is 19.5 Å². The van der Waals surface area contributed by atoms with Crippen molar-refractivity contribution in [1.82, 2.24) is 9.80 Å². The Morgan fingerprint density at radius 1 is 1.29 bits per heavy atom. The molecular formula is C15H26N2O4. The lowest BCUT2D eigenvalue weighted by Crippen LogP contribution is -2.58. The topological polar surface area (TPSA) is 70.1 Å². The predicted molar refractivity (Wildman–Crippen MR) is 78.0 cm³/mol. The number of hydrogen-bond acceptors (Lipinski definition) is 4. The first-order chi connectivity index (χ1) is 9.99. The minimum absolute atomic E-state index is 0.0606. The van der Waals surface area contributed by atoms with Crippen LogP contribution in [0.2, 0.25) is 0 Å². The van der Waals surface area contributed by atoms with Crippen molar-refractivity contribution in [3.8, 4) is 0 Å². The third-order valence-electron chi connectivity index (χ3n) is 4.81. The molecule has 21 heavy (non-hydrogen) atoms. The third kappa shape index (κ3) is 3.37. The van der Waals surface area contributed by atoms with Gasteiger partial charge in [-0.1, -0.05) is 6.92 Å². The van der Waals surface area contributed by atoms with Gasteiger partial charge in [0.2, 0.25) is 5.91 Å². The van der Waals surface area contributed by atoms with Crippen molar-refractivity contribution >= 4 is 11.9 Å². The molecule has 2 saturated heterocycles. The van der Waals surface area contributed by atoms with Gasteiger partial charge in [0.15, 0.2) is 5.54 Å². The Kier molecular flexibility index (Phi) is 5.22. The molecule has 2 aliphatic rings. The second kappa shape index (κ2) is 6.75. The molecule has 120 valence electrons. The number of amides is 1. The summed E-state index contributed by atoms with van der Waals surface area (Å²) in [6.45, 7) is 4.97. The highest BCUT2D eigenvalue weighted by molar-refractivity contribution is 5.88. The molecule has 0 saturated carbocycles. The summed E-state index contributed by atoms with van der Waals surface area (Å²) in [6.07, 6.45) is 3.40. The number of ether oxygens (including phenoxy) is 1. The van der Waals surface area contributed by atoms with Crippen molar-refractivity contribution in [3.63, 3.8) is 0 Å². The van der Waals surface area contributed by atoms with Crippen LogP contribution in [-0.4, -0.2) is 72.2 Å². The first-order valence-electron chi connectivity index (χ1n) is 7.75. The quantitative estimate of drug-likeness (QED) is 0.813. The Hall–Kier alpha value is -1.14. The average molecular weight is 298 g/mol. The maximum atomic E-state index is 12.6. The predicted octanol–water partition coefficient (Wildman–Crippen LogP) is 0.810. The summed E-state index contributed by atoms with van der Waals surface area (Å²) in [4.78, 5) is 27.9. The molecule has 2 fully saturated rings. The fourth-order valence-corrected chi connectivity index (χ4v) is 3.41. The van der Waals surface area contributed by atoms with Gasteiger partial charge < -0.3 is 14.7 Å².